The fourth-order valence-corrected chi connectivity index (χ4v) is 72.6. The Morgan fingerprint density at radius 2 is 1.23 bits per heavy atom. The summed E-state index contributed by atoms with van der Waals surface area (Å²) < 4.78 is 40.2. The maximum absolute atomic E-state index is 13.0. The Hall–Kier alpha value is 0.212. The van der Waals surface area contributed by atoms with Crippen LogP contribution in [0.1, 0.15) is 76.2 Å². The van der Waals surface area contributed by atoms with E-state index in [0.717, 1.165) is 6.04 Å². The van der Waals surface area contributed by atoms with Gasteiger partial charge in [0.05, 0.1) is 0 Å². The summed E-state index contributed by atoms with van der Waals surface area (Å²) >= 11 is 0. The molecule has 17 heteroatoms. The van der Waals surface area contributed by atoms with Crippen molar-refractivity contribution in [2.75, 3.05) is 6.23 Å². The van der Waals surface area contributed by atoms with Crippen molar-refractivity contribution >= 4 is 87.8 Å². The smallest absolute Gasteiger partial charge is 0.463 e. The Morgan fingerprint density at radius 1 is 0.769 bits per heavy atom. The molecule has 52 heavy (non-hydrogen) atoms. The number of esters is 2. The Balaban J connectivity index is 0.00000145. The van der Waals surface area contributed by atoms with Gasteiger partial charge in [0.15, 0.2) is 25.0 Å². The minimum absolute atomic E-state index is 0.0424. The molecule has 1 heterocycles. The Kier molecular flexibility index (Phi) is 19.7. The summed E-state index contributed by atoms with van der Waals surface area (Å²) in [5.74, 6) is -0.333. The summed E-state index contributed by atoms with van der Waals surface area (Å²) in [4.78, 5) is 24.2. The van der Waals surface area contributed by atoms with Gasteiger partial charge in [0, 0.05) is 39.2 Å². The highest BCUT2D eigenvalue weighted by Gasteiger charge is 2.74. The molecule has 1 fully saturated rings. The van der Waals surface area contributed by atoms with Crippen molar-refractivity contribution in [2.24, 2.45) is 23.2 Å². The van der Waals surface area contributed by atoms with E-state index in [9.17, 15) is 9.59 Å². The third-order valence-electron chi connectivity index (χ3n) is 10.7. The monoisotopic (exact) mass is 882 g/mol. The van der Waals surface area contributed by atoms with Crippen LogP contribution >= 0.6 is 0 Å². The van der Waals surface area contributed by atoms with Gasteiger partial charge in [-0.1, -0.05) is 82.4 Å². The zero-order chi connectivity index (χ0) is 41.5. The summed E-state index contributed by atoms with van der Waals surface area (Å²) in [5.41, 5.74) is -0.802. The van der Waals surface area contributed by atoms with E-state index in [2.05, 4.69) is 148 Å². The fraction of sp³-hybridized carbons (Fsp3) is 0.829. The van der Waals surface area contributed by atoms with Gasteiger partial charge in [0.1, 0.15) is 19.9 Å². The predicted octanol–water partition coefficient (Wildman–Crippen LogP) is 7.03. The number of hydrogen-bond donors (Lipinski definition) is 0. The lowest BCUT2D eigenvalue weighted by molar-refractivity contribution is -0.215. The van der Waals surface area contributed by atoms with E-state index >= 15 is 0 Å². The third kappa shape index (κ3) is 13.7. The highest BCUT2D eigenvalue weighted by Crippen LogP contribution is 2.67. The maximum atomic E-state index is 13.0. The topological polar surface area (TPSA) is 89.5 Å². The molecule has 0 radical (unpaired) electrons. The maximum Gasteiger partial charge on any atom is 0.475 e. The molecular weight excluding hydrogens is 801 g/mol. The Bertz CT molecular complexity index is 1200. The van der Waals surface area contributed by atoms with Gasteiger partial charge < -0.3 is 25.9 Å². The largest absolute Gasteiger partial charge is 0.475 e. The second-order valence-electron chi connectivity index (χ2n) is 19.7. The predicted molar refractivity (Wildman–Crippen MR) is 246 cm³/mol. The molecule has 306 valence electrons. The van der Waals surface area contributed by atoms with Crippen LogP contribution in [0, 0.1) is 23.2 Å². The zero-order valence-electron chi connectivity index (χ0n) is 37.6. The molecule has 1 aliphatic rings. The van der Waals surface area contributed by atoms with Crippen molar-refractivity contribution in [1.29, 1.82) is 0 Å². The van der Waals surface area contributed by atoms with E-state index in [0.29, 0.717) is 20.4 Å². The van der Waals surface area contributed by atoms with E-state index in [4.69, 9.17) is 25.9 Å². The summed E-state index contributed by atoms with van der Waals surface area (Å²) in [7, 11) is -11.5. The first-order chi connectivity index (χ1) is 23.1. The lowest BCUT2D eigenvalue weighted by Crippen LogP contribution is -2.75. The quantitative estimate of drug-likeness (QED) is 0.0733. The molecule has 0 amide bonds. The van der Waals surface area contributed by atoms with Crippen LogP contribution < -0.4 is 0 Å². The van der Waals surface area contributed by atoms with Gasteiger partial charge in [-0.3, -0.25) is 0 Å². The van der Waals surface area contributed by atoms with Crippen LogP contribution in [0.2, 0.25) is 76.6 Å². The molecule has 1 rings (SSSR count). The number of hydrogen-bond acceptors (Lipinski definition) is 8. The highest BCUT2D eigenvalue weighted by atomic mass is 30.1. The lowest BCUT2D eigenvalue weighted by atomic mass is 9.52. The minimum Gasteiger partial charge on any atom is -0.463 e. The van der Waals surface area contributed by atoms with Crippen molar-refractivity contribution in [3.05, 3.63) is 24.8 Å². The molecule has 0 aromatic carbocycles. The second kappa shape index (κ2) is 19.6. The SMILES string of the molecule is C=C(C)C(=O)OC[Si](C)(C)O[Si](C)(C)C.C=CC(=O)OC(C(C)C)(C(C)C)C(C)(C(C)C)C(C)(C)[Si](O[SiH]1[SiH2][SiH2][SiH2]1)(O[Si](C)(C)C)O[Si](C)(C)CC. The third-order valence-corrected chi connectivity index (χ3v) is 104. The van der Waals surface area contributed by atoms with Crippen LogP contribution in [0.15, 0.2) is 24.8 Å². The first kappa shape index (κ1) is 52.2. The van der Waals surface area contributed by atoms with Crippen molar-refractivity contribution < 1.29 is 35.5 Å². The number of carbonyl (C=O) groups is 2. The summed E-state index contributed by atoms with van der Waals surface area (Å²) in [6.45, 7) is 53.7. The Labute approximate surface area is 334 Å². The van der Waals surface area contributed by atoms with Crippen molar-refractivity contribution in [2.45, 2.75) is 158 Å². The van der Waals surface area contributed by atoms with Crippen LogP contribution in [-0.4, -0.2) is 99.6 Å². The van der Waals surface area contributed by atoms with E-state index < -0.39 is 66.2 Å². The molecule has 0 N–H and O–H groups in total. The van der Waals surface area contributed by atoms with Gasteiger partial charge in [0.25, 0.3) is 0 Å². The molecular formula is C35H82O8Si9. The van der Waals surface area contributed by atoms with E-state index in [1.165, 1.54) is 6.08 Å². The standard InChI is InChI=1S/C25H60O5Si7.C10H22O3Si2/c1-17-22(26)27-25(20(5)6,21(7)8)24(11,19(3)4)23(9,10)37(29-35(12,13)14,28-34-32-31-33-34)30-36(15,16)18-2;1-9(2)10(11)12-8-15(6,7)13-14(3,4)5/h17,19-21,34H,1,18,31-33H2,2-16H3;1,8H2,2-7H3. The van der Waals surface area contributed by atoms with Crippen LogP contribution in [0.5, 0.6) is 0 Å². The van der Waals surface area contributed by atoms with E-state index in [1.54, 1.807) is 6.92 Å². The zero-order valence-corrected chi connectivity index (χ0v) is 48.0. The summed E-state index contributed by atoms with van der Waals surface area (Å²) in [5, 5.41) is -0.475. The van der Waals surface area contributed by atoms with Crippen molar-refractivity contribution in [1.82, 2.24) is 0 Å². The molecule has 0 bridgehead atoms. The van der Waals surface area contributed by atoms with Crippen LogP contribution in [0.3, 0.4) is 0 Å². The minimum atomic E-state index is -3.25. The van der Waals surface area contributed by atoms with Gasteiger partial charge in [-0.15, -0.1) is 0 Å². The lowest BCUT2D eigenvalue weighted by Gasteiger charge is -2.65. The normalized spacial score (nSPS) is 19.9. The molecule has 0 saturated carbocycles. The number of rotatable bonds is 20. The number of ether oxygens (including phenoxy) is 2. The molecule has 1 saturated heterocycles. The van der Waals surface area contributed by atoms with Crippen molar-refractivity contribution in [3.63, 3.8) is 0 Å². The van der Waals surface area contributed by atoms with Gasteiger partial charge >= 0.3 is 20.7 Å². The molecule has 1 aliphatic heterocycles. The molecule has 0 spiro atoms. The summed E-state index contributed by atoms with van der Waals surface area (Å²) in [6, 6.07) is 1.02. The average molecular weight is 884 g/mol. The van der Waals surface area contributed by atoms with Crippen LogP contribution in [-0.2, 0) is 35.5 Å². The summed E-state index contributed by atoms with van der Waals surface area (Å²) in [6.07, 6.45) is 1.72. The first-order valence-corrected chi connectivity index (χ1v) is 49.4. The van der Waals surface area contributed by atoms with E-state index in [1.807, 2.05) is 0 Å². The first-order valence-electron chi connectivity index (χ1n) is 19.6. The molecule has 8 nitrogen and oxygen atoms in total. The highest BCUT2D eigenvalue weighted by molar-refractivity contribution is 7.80. The second-order valence-corrected chi connectivity index (χ2v) is 76.3. The number of carbonyl (C=O) groups excluding carboxylic acids is 2. The Morgan fingerprint density at radius 3 is 1.54 bits per heavy atom. The van der Waals surface area contributed by atoms with Crippen molar-refractivity contribution in [3.8, 4) is 0 Å². The van der Waals surface area contributed by atoms with Crippen LogP contribution in [0.25, 0.3) is 0 Å². The van der Waals surface area contributed by atoms with Gasteiger partial charge in [0.2, 0.25) is 8.32 Å². The average Bonchev–Trinajstić information content (AvgIpc) is 2.93. The van der Waals surface area contributed by atoms with E-state index in [-0.39, 0.29) is 46.8 Å². The van der Waals surface area contributed by atoms with Gasteiger partial charge in [-0.05, 0) is 105 Å². The molecule has 2 unspecified atom stereocenters. The molecule has 0 aromatic heterocycles. The molecule has 0 aliphatic carbocycles. The van der Waals surface area contributed by atoms with Gasteiger partial charge in [-0.25, -0.2) is 9.59 Å². The molecule has 0 aromatic rings. The molecule has 2 atom stereocenters. The van der Waals surface area contributed by atoms with Gasteiger partial charge in [-0.2, -0.15) is 0 Å². The van der Waals surface area contributed by atoms with Crippen LogP contribution in [0.4, 0.5) is 0 Å². The fourth-order valence-electron chi connectivity index (χ4n) is 7.63.